The number of benzene rings is 2. The fraction of sp³-hybridized carbons (Fsp3) is 0.333. The lowest BCUT2D eigenvalue weighted by atomic mass is 9.94. The molecular weight excluding hydrogens is 469 g/mol. The minimum Gasteiger partial charge on any atom is -0.490 e. The van der Waals surface area contributed by atoms with Gasteiger partial charge in [0.15, 0.2) is 0 Å². The molecule has 2 aromatic carbocycles. The van der Waals surface area contributed by atoms with E-state index in [1.54, 1.807) is 0 Å². The van der Waals surface area contributed by atoms with Crippen molar-refractivity contribution in [1.82, 2.24) is 10.3 Å². The number of carboxylic acid groups (broad SMARTS) is 2. The summed E-state index contributed by atoms with van der Waals surface area (Å²) in [5.74, 6) is -3.93. The van der Waals surface area contributed by atoms with Gasteiger partial charge in [-0.25, -0.2) is 9.59 Å². The van der Waals surface area contributed by atoms with Crippen LogP contribution < -0.4 is 10.1 Å². The van der Waals surface area contributed by atoms with Crippen molar-refractivity contribution in [3.63, 3.8) is 0 Å². The SMILES string of the molecule is CC(C)(Cc1c[nH]c2ccccc12)NCC(O)COc1ccccc1C(F)(F)F.O=C(O)C(=O)O. The van der Waals surface area contributed by atoms with E-state index in [0.29, 0.717) is 0 Å². The zero-order chi connectivity index (χ0) is 26.2. The number of fused-ring (bicyclic) bond motifs is 1. The fourth-order valence-corrected chi connectivity index (χ4v) is 3.28. The Balaban J connectivity index is 0.000000641. The van der Waals surface area contributed by atoms with Crippen LogP contribution in [-0.4, -0.2) is 57.0 Å². The summed E-state index contributed by atoms with van der Waals surface area (Å²) in [6.45, 7) is 4.00. The molecule has 0 saturated heterocycles. The summed E-state index contributed by atoms with van der Waals surface area (Å²) in [6, 6.07) is 13.0. The van der Waals surface area contributed by atoms with Crippen molar-refractivity contribution in [3.8, 4) is 5.75 Å². The van der Waals surface area contributed by atoms with Gasteiger partial charge in [0, 0.05) is 29.2 Å². The van der Waals surface area contributed by atoms with Gasteiger partial charge in [-0.3, -0.25) is 0 Å². The topological polar surface area (TPSA) is 132 Å². The summed E-state index contributed by atoms with van der Waals surface area (Å²) in [4.78, 5) is 21.4. The molecular formula is C24H27F3N2O6. The average molecular weight is 496 g/mol. The molecule has 8 nitrogen and oxygen atoms in total. The molecule has 0 amide bonds. The van der Waals surface area contributed by atoms with E-state index in [1.807, 2.05) is 38.2 Å². The molecule has 0 spiro atoms. The third kappa shape index (κ3) is 8.62. The molecule has 35 heavy (non-hydrogen) atoms. The second kappa shape index (κ2) is 11.7. The van der Waals surface area contributed by atoms with E-state index >= 15 is 0 Å². The first-order chi connectivity index (χ1) is 16.3. The number of aliphatic hydroxyl groups excluding tert-OH is 1. The zero-order valence-electron chi connectivity index (χ0n) is 19.1. The number of rotatable bonds is 8. The van der Waals surface area contributed by atoms with Crippen LogP contribution >= 0.6 is 0 Å². The maximum absolute atomic E-state index is 13.0. The van der Waals surface area contributed by atoms with Gasteiger partial charge in [0.05, 0.1) is 5.56 Å². The van der Waals surface area contributed by atoms with Gasteiger partial charge in [-0.1, -0.05) is 30.3 Å². The van der Waals surface area contributed by atoms with Gasteiger partial charge < -0.3 is 30.4 Å². The minimum atomic E-state index is -4.50. The van der Waals surface area contributed by atoms with E-state index < -0.39 is 29.8 Å². The highest BCUT2D eigenvalue weighted by Crippen LogP contribution is 2.35. The van der Waals surface area contributed by atoms with Crippen molar-refractivity contribution < 1.29 is 42.8 Å². The van der Waals surface area contributed by atoms with E-state index in [4.69, 9.17) is 24.5 Å². The molecule has 190 valence electrons. The predicted molar refractivity (Wildman–Crippen MR) is 122 cm³/mol. The van der Waals surface area contributed by atoms with Gasteiger partial charge >= 0.3 is 18.1 Å². The largest absolute Gasteiger partial charge is 0.490 e. The first-order valence-electron chi connectivity index (χ1n) is 10.5. The number of alkyl halides is 3. The Labute approximate surface area is 199 Å². The molecule has 3 aromatic rings. The zero-order valence-corrected chi connectivity index (χ0v) is 19.1. The smallest absolute Gasteiger partial charge is 0.419 e. The lowest BCUT2D eigenvalue weighted by Gasteiger charge is -2.28. The van der Waals surface area contributed by atoms with Gasteiger partial charge in [-0.05, 0) is 44.0 Å². The van der Waals surface area contributed by atoms with Crippen molar-refractivity contribution in [3.05, 3.63) is 65.9 Å². The number of hydrogen-bond acceptors (Lipinski definition) is 5. The van der Waals surface area contributed by atoms with Crippen molar-refractivity contribution >= 4 is 22.8 Å². The second-order valence-electron chi connectivity index (χ2n) is 8.37. The van der Waals surface area contributed by atoms with Crippen LogP contribution in [0, 0.1) is 0 Å². The summed E-state index contributed by atoms with van der Waals surface area (Å²) in [5.41, 5.74) is 1.05. The maximum atomic E-state index is 13.0. The fourth-order valence-electron chi connectivity index (χ4n) is 3.28. The molecule has 11 heteroatoms. The Morgan fingerprint density at radius 3 is 2.26 bits per heavy atom. The summed E-state index contributed by atoms with van der Waals surface area (Å²) < 4.78 is 44.3. The third-order valence-electron chi connectivity index (χ3n) is 4.93. The second-order valence-corrected chi connectivity index (χ2v) is 8.37. The van der Waals surface area contributed by atoms with Gasteiger partial charge in [-0.15, -0.1) is 0 Å². The number of ether oxygens (including phenoxy) is 1. The lowest BCUT2D eigenvalue weighted by molar-refractivity contribution is -0.159. The lowest BCUT2D eigenvalue weighted by Crippen LogP contribution is -2.46. The molecule has 5 N–H and O–H groups in total. The molecule has 0 aliphatic rings. The van der Waals surface area contributed by atoms with Crippen molar-refractivity contribution in [2.45, 2.75) is 38.1 Å². The molecule has 0 radical (unpaired) electrons. The number of aliphatic hydroxyl groups is 1. The number of halogens is 3. The van der Waals surface area contributed by atoms with E-state index in [9.17, 15) is 18.3 Å². The van der Waals surface area contributed by atoms with Crippen LogP contribution in [0.2, 0.25) is 0 Å². The molecule has 0 aliphatic heterocycles. The first kappa shape index (κ1) is 27.7. The highest BCUT2D eigenvalue weighted by atomic mass is 19.4. The molecule has 0 aliphatic carbocycles. The van der Waals surface area contributed by atoms with E-state index in [0.717, 1.165) is 29.0 Å². The highest BCUT2D eigenvalue weighted by Gasteiger charge is 2.34. The quantitative estimate of drug-likeness (QED) is 0.301. The van der Waals surface area contributed by atoms with Crippen LogP contribution in [0.3, 0.4) is 0 Å². The number of aromatic nitrogens is 1. The van der Waals surface area contributed by atoms with E-state index in [1.165, 1.54) is 18.2 Å². The minimum absolute atomic E-state index is 0.198. The standard InChI is InChI=1S/C22H25F3N2O2.C2H2O4/c1-21(2,11-15-12-26-19-9-5-3-7-17(15)19)27-13-16(28)14-29-20-10-6-4-8-18(20)22(23,24)25;3-1(4)2(5)6/h3-10,12,16,26-28H,11,13-14H2,1-2H3;(H,3,4)(H,5,6). The van der Waals surface area contributed by atoms with Crippen LogP contribution in [0.15, 0.2) is 54.7 Å². The number of aliphatic carboxylic acids is 2. The Morgan fingerprint density at radius 1 is 1.03 bits per heavy atom. The van der Waals surface area contributed by atoms with Gasteiger partial charge in [0.25, 0.3) is 0 Å². The monoisotopic (exact) mass is 496 g/mol. The Kier molecular flexibility index (Phi) is 9.26. The number of H-pyrrole nitrogens is 1. The normalized spacial score (nSPS) is 12.5. The maximum Gasteiger partial charge on any atom is 0.419 e. The van der Waals surface area contributed by atoms with Gasteiger partial charge in [0.2, 0.25) is 0 Å². The number of carboxylic acids is 2. The number of β-amino-alcohol motifs (C(OH)–C–C–N with tert-alkyl or cyclic N) is 1. The number of hydrogen-bond donors (Lipinski definition) is 5. The van der Waals surface area contributed by atoms with Gasteiger partial charge in [0.1, 0.15) is 18.5 Å². The van der Waals surface area contributed by atoms with Crippen LogP contribution in [0.1, 0.15) is 25.0 Å². The molecule has 0 bridgehead atoms. The Bertz CT molecular complexity index is 1130. The predicted octanol–water partition coefficient (Wildman–Crippen LogP) is 3.69. The molecule has 1 heterocycles. The van der Waals surface area contributed by atoms with Crippen LogP contribution in [0.25, 0.3) is 10.9 Å². The molecule has 0 saturated carbocycles. The summed E-state index contributed by atoms with van der Waals surface area (Å²) >= 11 is 0. The molecule has 0 fully saturated rings. The molecule has 1 atom stereocenters. The highest BCUT2D eigenvalue weighted by molar-refractivity contribution is 6.27. The van der Waals surface area contributed by atoms with Crippen LogP contribution in [0.5, 0.6) is 5.75 Å². The van der Waals surface area contributed by atoms with Crippen molar-refractivity contribution in [2.24, 2.45) is 0 Å². The first-order valence-corrected chi connectivity index (χ1v) is 10.5. The van der Waals surface area contributed by atoms with Crippen molar-refractivity contribution in [1.29, 1.82) is 0 Å². The summed E-state index contributed by atoms with van der Waals surface area (Å²) in [7, 11) is 0. The molecule has 1 unspecified atom stereocenters. The average Bonchev–Trinajstić information content (AvgIpc) is 3.18. The van der Waals surface area contributed by atoms with E-state index in [2.05, 4.69) is 16.4 Å². The van der Waals surface area contributed by atoms with E-state index in [-0.39, 0.29) is 24.4 Å². The number of para-hydroxylation sites is 2. The number of aromatic amines is 1. The van der Waals surface area contributed by atoms with Gasteiger partial charge in [-0.2, -0.15) is 13.2 Å². The molecule has 1 aromatic heterocycles. The van der Waals surface area contributed by atoms with Crippen molar-refractivity contribution in [2.75, 3.05) is 13.2 Å². The summed E-state index contributed by atoms with van der Waals surface area (Å²) in [6.07, 6.45) is -2.75. The number of carbonyl (C=O) groups is 2. The summed E-state index contributed by atoms with van der Waals surface area (Å²) in [5, 5.41) is 29.4. The Hall–Kier alpha value is -3.57. The number of nitrogens with one attached hydrogen (secondary N) is 2. The Morgan fingerprint density at radius 2 is 1.63 bits per heavy atom. The van der Waals surface area contributed by atoms with Crippen LogP contribution in [-0.2, 0) is 22.2 Å². The third-order valence-corrected chi connectivity index (χ3v) is 4.93. The van der Waals surface area contributed by atoms with Crippen LogP contribution in [0.4, 0.5) is 13.2 Å². The molecule has 3 rings (SSSR count).